The summed E-state index contributed by atoms with van der Waals surface area (Å²) in [7, 11) is -0.540. The second kappa shape index (κ2) is 7.57. The molecule has 1 amide bonds. The van der Waals surface area contributed by atoms with E-state index < -0.39 is 13.1 Å². The van der Waals surface area contributed by atoms with Gasteiger partial charge in [0.25, 0.3) is 0 Å². The molecule has 23 heavy (non-hydrogen) atoms. The van der Waals surface area contributed by atoms with Gasteiger partial charge in [-0.2, -0.15) is 0 Å². The number of anilines is 1. The van der Waals surface area contributed by atoms with Crippen LogP contribution in [0.1, 0.15) is 15.9 Å². The van der Waals surface area contributed by atoms with Crippen LogP contribution in [0.3, 0.4) is 0 Å². The number of nitrogens with one attached hydrogen (secondary N) is 1. The molecular weight excluding hydrogens is 297 g/mol. The molecule has 2 rings (SSSR count). The van der Waals surface area contributed by atoms with E-state index >= 15 is 0 Å². The number of amides is 1. The fraction of sp³-hybridized carbons (Fsp3) is 0.125. The Morgan fingerprint density at radius 2 is 1.83 bits per heavy atom. The minimum absolute atomic E-state index is 0.0860. The summed E-state index contributed by atoms with van der Waals surface area (Å²) in [4.78, 5) is 23.7. The largest absolute Gasteiger partial charge is 0.488 e. The molecule has 0 aliphatic rings. The topological polar surface area (TPSA) is 95.9 Å². The normalized spacial score (nSPS) is 10.0. The van der Waals surface area contributed by atoms with Crippen LogP contribution in [0.5, 0.6) is 0 Å². The minimum atomic E-state index is -1.76. The average molecular weight is 313 g/mol. The zero-order valence-electron chi connectivity index (χ0n) is 12.5. The standard InChI is InChI=1S/C16H16BNO5/c1-23-16(20)12-8-13(17(21)22)10-14(9-12)18-15(19)7-11-5-3-2-4-6-11/h2-6,8-10,21-22H,7H2,1H3,(H,18,19). The molecule has 6 nitrogen and oxygen atoms in total. The van der Waals surface area contributed by atoms with Gasteiger partial charge >= 0.3 is 13.1 Å². The molecule has 0 spiro atoms. The van der Waals surface area contributed by atoms with Gasteiger partial charge < -0.3 is 20.1 Å². The van der Waals surface area contributed by atoms with Crippen molar-refractivity contribution in [1.82, 2.24) is 0 Å². The fourth-order valence-electron chi connectivity index (χ4n) is 2.10. The fourth-order valence-corrected chi connectivity index (χ4v) is 2.10. The van der Waals surface area contributed by atoms with E-state index in [0.717, 1.165) is 5.56 Å². The predicted octanol–water partition coefficient (Wildman–Crippen LogP) is 0.334. The zero-order chi connectivity index (χ0) is 16.8. The summed E-state index contributed by atoms with van der Waals surface area (Å²) in [6.07, 6.45) is 0.167. The molecule has 0 saturated carbocycles. The lowest BCUT2D eigenvalue weighted by atomic mass is 9.79. The minimum Gasteiger partial charge on any atom is -0.465 e. The Morgan fingerprint density at radius 3 is 2.43 bits per heavy atom. The second-order valence-electron chi connectivity index (χ2n) is 4.92. The lowest BCUT2D eigenvalue weighted by molar-refractivity contribution is -0.115. The van der Waals surface area contributed by atoms with Crippen LogP contribution in [-0.4, -0.2) is 36.2 Å². The Balaban J connectivity index is 2.19. The zero-order valence-corrected chi connectivity index (χ0v) is 12.5. The van der Waals surface area contributed by atoms with Gasteiger partial charge in [-0.1, -0.05) is 30.3 Å². The maximum Gasteiger partial charge on any atom is 0.488 e. The van der Waals surface area contributed by atoms with Gasteiger partial charge in [-0.3, -0.25) is 4.79 Å². The first-order valence-electron chi connectivity index (χ1n) is 6.93. The van der Waals surface area contributed by atoms with Gasteiger partial charge in [0.15, 0.2) is 0 Å². The van der Waals surface area contributed by atoms with Gasteiger partial charge in [-0.25, -0.2) is 4.79 Å². The SMILES string of the molecule is COC(=O)c1cc(NC(=O)Cc2ccccc2)cc(B(O)O)c1. The van der Waals surface area contributed by atoms with Crippen molar-refractivity contribution >= 4 is 30.1 Å². The molecule has 118 valence electrons. The number of benzene rings is 2. The monoisotopic (exact) mass is 313 g/mol. The number of hydrogen-bond acceptors (Lipinski definition) is 5. The predicted molar refractivity (Wildman–Crippen MR) is 86.4 cm³/mol. The summed E-state index contributed by atoms with van der Waals surface area (Å²) in [6.45, 7) is 0. The molecule has 7 heteroatoms. The first kappa shape index (κ1) is 16.7. The summed E-state index contributed by atoms with van der Waals surface area (Å²) in [5, 5.41) is 21.2. The molecule has 3 N–H and O–H groups in total. The highest BCUT2D eigenvalue weighted by molar-refractivity contribution is 6.58. The third-order valence-electron chi connectivity index (χ3n) is 3.17. The molecule has 0 aliphatic heterocycles. The van der Waals surface area contributed by atoms with E-state index in [9.17, 15) is 19.6 Å². The Hall–Kier alpha value is -2.64. The lowest BCUT2D eigenvalue weighted by Gasteiger charge is -2.10. The first-order valence-corrected chi connectivity index (χ1v) is 6.93. The number of methoxy groups -OCH3 is 1. The molecule has 0 atom stereocenters. The van der Waals surface area contributed by atoms with Gasteiger partial charge in [-0.15, -0.1) is 0 Å². The molecule has 2 aromatic rings. The maximum atomic E-state index is 12.1. The van der Waals surface area contributed by atoms with Crippen LogP contribution in [0.25, 0.3) is 0 Å². The number of carbonyl (C=O) groups is 2. The maximum absolute atomic E-state index is 12.1. The van der Waals surface area contributed by atoms with Crippen molar-refractivity contribution < 1.29 is 24.4 Å². The van der Waals surface area contributed by atoms with Gasteiger partial charge in [0, 0.05) is 5.69 Å². The first-order chi connectivity index (χ1) is 11.0. The smallest absolute Gasteiger partial charge is 0.465 e. The molecular formula is C16H16BNO5. The molecule has 0 bridgehead atoms. The van der Waals surface area contributed by atoms with Crippen molar-refractivity contribution in [2.75, 3.05) is 12.4 Å². The molecule has 0 fully saturated rings. The summed E-state index contributed by atoms with van der Waals surface area (Å²) in [5.41, 5.74) is 1.34. The average Bonchev–Trinajstić information content (AvgIpc) is 2.54. The third kappa shape index (κ3) is 4.67. The van der Waals surface area contributed by atoms with Crippen molar-refractivity contribution in [2.45, 2.75) is 6.42 Å². The van der Waals surface area contributed by atoms with Gasteiger partial charge in [-0.05, 0) is 29.2 Å². The van der Waals surface area contributed by atoms with Gasteiger partial charge in [0.05, 0.1) is 19.1 Å². The van der Waals surface area contributed by atoms with E-state index in [2.05, 4.69) is 10.1 Å². The lowest BCUT2D eigenvalue weighted by Crippen LogP contribution is -2.31. The Kier molecular flexibility index (Phi) is 5.51. The van der Waals surface area contributed by atoms with Gasteiger partial charge in [0.1, 0.15) is 0 Å². The van der Waals surface area contributed by atoms with E-state index in [-0.39, 0.29) is 29.0 Å². The van der Waals surface area contributed by atoms with E-state index in [0.29, 0.717) is 0 Å². The van der Waals surface area contributed by atoms with Crippen molar-refractivity contribution in [3.8, 4) is 0 Å². The molecule has 0 unspecified atom stereocenters. The second-order valence-corrected chi connectivity index (χ2v) is 4.92. The highest BCUT2D eigenvalue weighted by Crippen LogP contribution is 2.12. The van der Waals surface area contributed by atoms with Crippen molar-refractivity contribution in [3.05, 3.63) is 59.7 Å². The Labute approximate surface area is 133 Å². The Bertz CT molecular complexity index is 703. The summed E-state index contributed by atoms with van der Waals surface area (Å²) < 4.78 is 4.61. The van der Waals surface area contributed by atoms with E-state index in [1.165, 1.54) is 25.3 Å². The number of carbonyl (C=O) groups excluding carboxylic acids is 2. The highest BCUT2D eigenvalue weighted by Gasteiger charge is 2.17. The van der Waals surface area contributed by atoms with Crippen LogP contribution in [0.2, 0.25) is 0 Å². The third-order valence-corrected chi connectivity index (χ3v) is 3.17. The van der Waals surface area contributed by atoms with Crippen LogP contribution in [0.15, 0.2) is 48.5 Å². The molecule has 0 saturated heterocycles. The Morgan fingerprint density at radius 1 is 1.13 bits per heavy atom. The van der Waals surface area contributed by atoms with Crippen molar-refractivity contribution in [2.24, 2.45) is 0 Å². The number of hydrogen-bond donors (Lipinski definition) is 3. The molecule has 0 aliphatic carbocycles. The quantitative estimate of drug-likeness (QED) is 0.546. The van der Waals surface area contributed by atoms with Crippen molar-refractivity contribution in [3.63, 3.8) is 0 Å². The van der Waals surface area contributed by atoms with E-state index in [1.807, 2.05) is 30.3 Å². The van der Waals surface area contributed by atoms with Crippen LogP contribution in [-0.2, 0) is 16.0 Å². The van der Waals surface area contributed by atoms with Crippen LogP contribution in [0, 0.1) is 0 Å². The van der Waals surface area contributed by atoms with E-state index in [1.54, 1.807) is 0 Å². The molecule has 0 radical (unpaired) electrons. The molecule has 0 heterocycles. The van der Waals surface area contributed by atoms with Crippen LogP contribution < -0.4 is 10.8 Å². The van der Waals surface area contributed by atoms with Crippen LogP contribution >= 0.6 is 0 Å². The van der Waals surface area contributed by atoms with Gasteiger partial charge in [0.2, 0.25) is 5.91 Å². The summed E-state index contributed by atoms with van der Waals surface area (Å²) in [6, 6.07) is 13.3. The number of esters is 1. The van der Waals surface area contributed by atoms with Crippen LogP contribution in [0.4, 0.5) is 5.69 Å². The summed E-state index contributed by atoms with van der Waals surface area (Å²) in [5.74, 6) is -0.914. The highest BCUT2D eigenvalue weighted by atomic mass is 16.5. The summed E-state index contributed by atoms with van der Waals surface area (Å²) >= 11 is 0. The molecule has 2 aromatic carbocycles. The molecule has 0 aromatic heterocycles. The van der Waals surface area contributed by atoms with E-state index in [4.69, 9.17) is 0 Å². The number of ether oxygens (including phenoxy) is 1. The number of rotatable bonds is 5. The van der Waals surface area contributed by atoms with Crippen molar-refractivity contribution in [1.29, 1.82) is 0 Å².